The van der Waals surface area contributed by atoms with Gasteiger partial charge in [-0.2, -0.15) is 0 Å². The third kappa shape index (κ3) is 2.89. The average Bonchev–Trinajstić information content (AvgIpc) is 1.65. The first kappa shape index (κ1) is 7.25. The maximum atomic E-state index is 8.80. The largest absolute Gasteiger partial charge is 0.392 e. The van der Waals surface area contributed by atoms with Crippen LogP contribution in [0.15, 0.2) is 0 Å². The van der Waals surface area contributed by atoms with Gasteiger partial charge >= 0.3 is 0 Å². The van der Waals surface area contributed by atoms with E-state index in [1.807, 2.05) is 13.8 Å². The minimum absolute atomic E-state index is 0.289. The number of rotatable bonds is 2. The molecule has 2 heteroatoms. The van der Waals surface area contributed by atoms with Crippen LogP contribution in [0.3, 0.4) is 0 Å². The smallest absolute Gasteiger partial charge is 0.0698 e. The summed E-state index contributed by atoms with van der Waals surface area (Å²) >= 11 is 5.30. The zero-order chi connectivity index (χ0) is 5.86. The van der Waals surface area contributed by atoms with Gasteiger partial charge in [0.1, 0.15) is 0 Å². The average molecular weight is 123 g/mol. The van der Waals surface area contributed by atoms with Crippen molar-refractivity contribution in [1.82, 2.24) is 0 Å². The van der Waals surface area contributed by atoms with Crippen LogP contribution in [0.4, 0.5) is 0 Å². The van der Waals surface area contributed by atoms with Gasteiger partial charge in [-0.15, -0.1) is 11.6 Å². The first-order valence-corrected chi connectivity index (χ1v) is 2.96. The first-order valence-electron chi connectivity index (χ1n) is 2.42. The second kappa shape index (κ2) is 3.28. The van der Waals surface area contributed by atoms with E-state index in [1.54, 1.807) is 0 Å². The van der Waals surface area contributed by atoms with Gasteiger partial charge in [0.15, 0.2) is 0 Å². The van der Waals surface area contributed by atoms with E-state index in [1.165, 1.54) is 0 Å². The second-order valence-corrected chi connectivity index (χ2v) is 2.27. The summed E-state index contributed by atoms with van der Waals surface area (Å²) in [5, 5.41) is 8.80. The molecule has 0 fully saturated rings. The van der Waals surface area contributed by atoms with E-state index in [0.29, 0.717) is 5.88 Å². The SMILES string of the molecule is CC(C)C(O)CCl. The van der Waals surface area contributed by atoms with E-state index < -0.39 is 0 Å². The lowest BCUT2D eigenvalue weighted by Gasteiger charge is -2.08. The summed E-state index contributed by atoms with van der Waals surface area (Å²) in [7, 11) is 0. The standard InChI is InChI=1S/C5H11ClO/c1-4(2)5(7)3-6/h4-5,7H,3H2,1-2H3. The summed E-state index contributed by atoms with van der Waals surface area (Å²) in [6.07, 6.45) is -0.332. The van der Waals surface area contributed by atoms with Gasteiger partial charge < -0.3 is 5.11 Å². The van der Waals surface area contributed by atoms with Crippen LogP contribution in [0.25, 0.3) is 0 Å². The summed E-state index contributed by atoms with van der Waals surface area (Å²) < 4.78 is 0. The minimum Gasteiger partial charge on any atom is -0.392 e. The normalized spacial score (nSPS) is 15.0. The molecule has 0 spiro atoms. The van der Waals surface area contributed by atoms with Crippen molar-refractivity contribution in [3.8, 4) is 0 Å². The molecule has 0 aliphatic heterocycles. The Morgan fingerprint density at radius 3 is 2.00 bits per heavy atom. The summed E-state index contributed by atoms with van der Waals surface area (Å²) in [6.45, 7) is 3.88. The van der Waals surface area contributed by atoms with Crippen molar-refractivity contribution in [3.63, 3.8) is 0 Å². The Morgan fingerprint density at radius 2 is 2.00 bits per heavy atom. The fraction of sp³-hybridized carbons (Fsp3) is 1.00. The number of hydrogen-bond donors (Lipinski definition) is 1. The highest BCUT2D eigenvalue weighted by Gasteiger charge is 2.04. The molecule has 44 valence electrons. The molecule has 0 bridgehead atoms. The molecule has 1 unspecified atom stereocenters. The van der Waals surface area contributed by atoms with E-state index in [4.69, 9.17) is 16.7 Å². The molecule has 0 heterocycles. The highest BCUT2D eigenvalue weighted by molar-refractivity contribution is 6.18. The van der Waals surface area contributed by atoms with Crippen LogP contribution in [0.2, 0.25) is 0 Å². The molecule has 0 aliphatic rings. The highest BCUT2D eigenvalue weighted by Crippen LogP contribution is 2.01. The van der Waals surface area contributed by atoms with Crippen LogP contribution in [0.5, 0.6) is 0 Å². The van der Waals surface area contributed by atoms with Gasteiger partial charge in [0, 0.05) is 5.88 Å². The lowest BCUT2D eigenvalue weighted by Crippen LogP contribution is -2.15. The number of hydrogen-bond acceptors (Lipinski definition) is 1. The molecule has 0 aromatic rings. The van der Waals surface area contributed by atoms with E-state index in [9.17, 15) is 0 Å². The molecule has 1 atom stereocenters. The Hall–Kier alpha value is 0.250. The predicted molar refractivity (Wildman–Crippen MR) is 31.6 cm³/mol. The molecular formula is C5H11ClO. The van der Waals surface area contributed by atoms with Crippen LogP contribution in [-0.2, 0) is 0 Å². The second-order valence-electron chi connectivity index (χ2n) is 1.97. The van der Waals surface area contributed by atoms with Gasteiger partial charge in [-0.05, 0) is 5.92 Å². The summed E-state index contributed by atoms with van der Waals surface area (Å²) in [5.41, 5.74) is 0. The van der Waals surface area contributed by atoms with Crippen LogP contribution in [-0.4, -0.2) is 17.1 Å². The van der Waals surface area contributed by atoms with Crippen molar-refractivity contribution in [2.75, 3.05) is 5.88 Å². The van der Waals surface area contributed by atoms with E-state index in [0.717, 1.165) is 0 Å². The van der Waals surface area contributed by atoms with Gasteiger partial charge in [-0.25, -0.2) is 0 Å². The quantitative estimate of drug-likeness (QED) is 0.547. The summed E-state index contributed by atoms with van der Waals surface area (Å²) in [4.78, 5) is 0. The fourth-order valence-electron chi connectivity index (χ4n) is 0.178. The van der Waals surface area contributed by atoms with Crippen molar-refractivity contribution in [3.05, 3.63) is 0 Å². The lowest BCUT2D eigenvalue weighted by molar-refractivity contribution is 0.148. The molecule has 0 saturated heterocycles. The minimum atomic E-state index is -0.332. The van der Waals surface area contributed by atoms with Gasteiger partial charge in [-0.3, -0.25) is 0 Å². The maximum Gasteiger partial charge on any atom is 0.0698 e. The number of halogens is 1. The van der Waals surface area contributed by atoms with Crippen LogP contribution in [0.1, 0.15) is 13.8 Å². The number of aliphatic hydroxyl groups excluding tert-OH is 1. The predicted octanol–water partition coefficient (Wildman–Crippen LogP) is 1.24. The molecule has 1 N–H and O–H groups in total. The van der Waals surface area contributed by atoms with E-state index >= 15 is 0 Å². The van der Waals surface area contributed by atoms with E-state index in [2.05, 4.69) is 0 Å². The molecule has 0 amide bonds. The number of aliphatic hydroxyl groups is 1. The third-order valence-electron chi connectivity index (χ3n) is 0.928. The first-order chi connectivity index (χ1) is 3.18. The van der Waals surface area contributed by atoms with Gasteiger partial charge in [0.2, 0.25) is 0 Å². The third-order valence-corrected chi connectivity index (χ3v) is 1.24. The van der Waals surface area contributed by atoms with Crippen molar-refractivity contribution >= 4 is 11.6 Å². The Bertz CT molecular complexity index is 45.3. The Morgan fingerprint density at radius 1 is 1.57 bits per heavy atom. The van der Waals surface area contributed by atoms with Gasteiger partial charge in [0.25, 0.3) is 0 Å². The number of alkyl halides is 1. The molecule has 0 radical (unpaired) electrons. The molecular weight excluding hydrogens is 112 g/mol. The highest BCUT2D eigenvalue weighted by atomic mass is 35.5. The summed E-state index contributed by atoms with van der Waals surface area (Å²) in [6, 6.07) is 0. The molecule has 0 saturated carbocycles. The molecule has 0 aromatic carbocycles. The fourth-order valence-corrected chi connectivity index (χ4v) is 0.535. The Kier molecular flexibility index (Phi) is 3.39. The van der Waals surface area contributed by atoms with Crippen molar-refractivity contribution in [1.29, 1.82) is 0 Å². The zero-order valence-electron chi connectivity index (χ0n) is 4.69. The van der Waals surface area contributed by atoms with Crippen LogP contribution < -0.4 is 0 Å². The zero-order valence-corrected chi connectivity index (χ0v) is 5.44. The molecule has 0 aliphatic carbocycles. The molecule has 7 heavy (non-hydrogen) atoms. The lowest BCUT2D eigenvalue weighted by atomic mass is 10.1. The van der Waals surface area contributed by atoms with Crippen LogP contribution >= 0.6 is 11.6 Å². The molecule has 1 nitrogen and oxygen atoms in total. The van der Waals surface area contributed by atoms with Gasteiger partial charge in [0.05, 0.1) is 6.10 Å². The molecule has 0 rings (SSSR count). The van der Waals surface area contributed by atoms with E-state index in [-0.39, 0.29) is 12.0 Å². The topological polar surface area (TPSA) is 20.2 Å². The van der Waals surface area contributed by atoms with Gasteiger partial charge in [-0.1, -0.05) is 13.8 Å². The van der Waals surface area contributed by atoms with Crippen LogP contribution in [0, 0.1) is 5.92 Å². The molecule has 0 aromatic heterocycles. The van der Waals surface area contributed by atoms with Crippen molar-refractivity contribution < 1.29 is 5.11 Å². The Balaban J connectivity index is 3.14. The monoisotopic (exact) mass is 122 g/mol. The maximum absolute atomic E-state index is 8.80. The van der Waals surface area contributed by atoms with Crippen molar-refractivity contribution in [2.24, 2.45) is 5.92 Å². The summed E-state index contributed by atoms with van der Waals surface area (Å²) in [5.74, 6) is 0.634. The Labute approximate surface area is 49.3 Å². The van der Waals surface area contributed by atoms with Crippen molar-refractivity contribution in [2.45, 2.75) is 20.0 Å².